The van der Waals surface area contributed by atoms with Crippen LogP contribution in [0.5, 0.6) is 0 Å². The Labute approximate surface area is 66.2 Å². The van der Waals surface area contributed by atoms with Crippen LogP contribution in [-0.4, -0.2) is 5.78 Å². The van der Waals surface area contributed by atoms with Crippen LogP contribution in [0.15, 0.2) is 23.5 Å². The lowest BCUT2D eigenvalue weighted by Gasteiger charge is -1.96. The maximum absolute atomic E-state index is 11.0. The molecule has 10 heavy (non-hydrogen) atoms. The van der Waals surface area contributed by atoms with E-state index in [2.05, 4.69) is 13.2 Å². The molecule has 0 unspecified atom stereocenters. The fraction of sp³-hybridized carbons (Fsp3) is 0.375. The molecule has 0 aromatic heterocycles. The molecule has 0 saturated carbocycles. The zero-order valence-corrected chi connectivity index (χ0v) is 7.04. The van der Waals surface area contributed by atoms with Crippen LogP contribution < -0.4 is 0 Å². The number of carbonyl (C=O) groups is 1. The molecule has 56 valence electrons. The first-order valence-electron chi connectivity index (χ1n) is 3.22. The van der Waals surface area contributed by atoms with Gasteiger partial charge in [-0.1, -0.05) is 31.8 Å². The molecule has 0 amide bonds. The van der Waals surface area contributed by atoms with Crippen molar-refractivity contribution in [2.75, 3.05) is 0 Å². The van der Waals surface area contributed by atoms with Crippen molar-refractivity contribution in [3.8, 4) is 0 Å². The Bertz CT molecular complexity index is 149. The summed E-state index contributed by atoms with van der Waals surface area (Å²) in [5.41, 5.74) is 0. The van der Waals surface area contributed by atoms with Crippen LogP contribution in [0, 0.1) is 0 Å². The second-order valence-electron chi connectivity index (χ2n) is 1.88. The quantitative estimate of drug-likeness (QED) is 0.569. The lowest BCUT2D eigenvalue weighted by Crippen LogP contribution is -1.95. The third-order valence-electron chi connectivity index (χ3n) is 1.01. The predicted octanol–water partition coefficient (Wildman–Crippen LogP) is 2.75. The normalized spacial score (nSPS) is 8.90. The van der Waals surface area contributed by atoms with E-state index in [1.165, 1.54) is 11.8 Å². The molecule has 0 spiro atoms. The molecule has 0 rings (SSSR count). The molecule has 1 nitrogen and oxygen atoms in total. The number of hydrogen-bond acceptors (Lipinski definition) is 2. The Kier molecular flexibility index (Phi) is 5.03. The SMILES string of the molecule is C=CSC(=C)C(=O)CCC. The Morgan fingerprint density at radius 1 is 1.70 bits per heavy atom. The van der Waals surface area contributed by atoms with Gasteiger partial charge in [0.05, 0.1) is 0 Å². The third-order valence-corrected chi connectivity index (χ3v) is 1.69. The minimum absolute atomic E-state index is 0.132. The minimum atomic E-state index is 0.132. The summed E-state index contributed by atoms with van der Waals surface area (Å²) in [7, 11) is 0. The molecule has 2 heteroatoms. The van der Waals surface area contributed by atoms with E-state index in [0.717, 1.165) is 6.42 Å². The molecular formula is C8H12OS. The fourth-order valence-corrected chi connectivity index (χ4v) is 0.967. The van der Waals surface area contributed by atoms with Gasteiger partial charge in [0.2, 0.25) is 0 Å². The zero-order valence-electron chi connectivity index (χ0n) is 6.22. The fourth-order valence-electron chi connectivity index (χ4n) is 0.533. The second kappa shape index (κ2) is 5.30. The smallest absolute Gasteiger partial charge is 0.168 e. The maximum atomic E-state index is 11.0. The highest BCUT2D eigenvalue weighted by Crippen LogP contribution is 2.16. The summed E-state index contributed by atoms with van der Waals surface area (Å²) >= 11 is 1.30. The van der Waals surface area contributed by atoms with Gasteiger partial charge < -0.3 is 0 Å². The van der Waals surface area contributed by atoms with Gasteiger partial charge in [-0.15, -0.1) is 0 Å². The number of hydrogen-bond donors (Lipinski definition) is 0. The van der Waals surface area contributed by atoms with Gasteiger partial charge in [-0.3, -0.25) is 4.79 Å². The monoisotopic (exact) mass is 156 g/mol. The topological polar surface area (TPSA) is 17.1 Å². The summed E-state index contributed by atoms with van der Waals surface area (Å²) in [5, 5.41) is 1.62. The lowest BCUT2D eigenvalue weighted by molar-refractivity contribution is -0.114. The molecule has 0 aliphatic rings. The number of Topliss-reactive ketones (excluding diaryl/α,β-unsaturated/α-hetero) is 1. The van der Waals surface area contributed by atoms with Crippen molar-refractivity contribution >= 4 is 17.5 Å². The van der Waals surface area contributed by atoms with E-state index in [-0.39, 0.29) is 5.78 Å². The largest absolute Gasteiger partial charge is 0.294 e. The van der Waals surface area contributed by atoms with Crippen molar-refractivity contribution in [1.29, 1.82) is 0 Å². The molecule has 0 atom stereocenters. The van der Waals surface area contributed by atoms with Crippen molar-refractivity contribution in [3.05, 3.63) is 23.5 Å². The summed E-state index contributed by atoms with van der Waals surface area (Å²) in [6.07, 6.45) is 1.48. The molecule has 0 N–H and O–H groups in total. The van der Waals surface area contributed by atoms with Crippen LogP contribution in [0.1, 0.15) is 19.8 Å². The molecule has 0 bridgehead atoms. The number of allylic oxidation sites excluding steroid dienone is 1. The summed E-state index contributed by atoms with van der Waals surface area (Å²) in [5.74, 6) is 0.132. The summed E-state index contributed by atoms with van der Waals surface area (Å²) in [4.78, 5) is 11.6. The first kappa shape index (κ1) is 9.50. The molecule has 0 heterocycles. The van der Waals surface area contributed by atoms with Crippen molar-refractivity contribution in [2.45, 2.75) is 19.8 Å². The van der Waals surface area contributed by atoms with Crippen LogP contribution in [-0.2, 0) is 4.79 Å². The molecule has 0 radical (unpaired) electrons. The minimum Gasteiger partial charge on any atom is -0.294 e. The van der Waals surface area contributed by atoms with Gasteiger partial charge in [0, 0.05) is 11.3 Å². The standard InChI is InChI=1S/C8H12OS/c1-4-6-8(9)7(3)10-5-2/h5H,2-4,6H2,1H3. The van der Waals surface area contributed by atoms with Crippen molar-refractivity contribution < 1.29 is 4.79 Å². The van der Waals surface area contributed by atoms with Gasteiger partial charge in [0.1, 0.15) is 0 Å². The van der Waals surface area contributed by atoms with Gasteiger partial charge >= 0.3 is 0 Å². The summed E-state index contributed by atoms with van der Waals surface area (Å²) in [6.45, 7) is 9.07. The van der Waals surface area contributed by atoms with Crippen LogP contribution in [0.4, 0.5) is 0 Å². The summed E-state index contributed by atoms with van der Waals surface area (Å²) in [6, 6.07) is 0. The molecular weight excluding hydrogens is 144 g/mol. The Morgan fingerprint density at radius 3 is 2.70 bits per heavy atom. The van der Waals surface area contributed by atoms with E-state index < -0.39 is 0 Å². The van der Waals surface area contributed by atoms with E-state index in [9.17, 15) is 4.79 Å². The van der Waals surface area contributed by atoms with Gasteiger partial charge in [0.25, 0.3) is 0 Å². The van der Waals surface area contributed by atoms with Gasteiger partial charge in [-0.25, -0.2) is 0 Å². The number of carbonyl (C=O) groups excluding carboxylic acids is 1. The van der Waals surface area contributed by atoms with Crippen LogP contribution in [0.2, 0.25) is 0 Å². The zero-order chi connectivity index (χ0) is 7.98. The highest BCUT2D eigenvalue weighted by atomic mass is 32.2. The lowest BCUT2D eigenvalue weighted by atomic mass is 10.2. The average Bonchev–Trinajstić information content (AvgIpc) is 1.89. The number of thioether (sulfide) groups is 1. The van der Waals surface area contributed by atoms with E-state index >= 15 is 0 Å². The first-order chi connectivity index (χ1) is 4.72. The van der Waals surface area contributed by atoms with Crippen LogP contribution in [0.3, 0.4) is 0 Å². The Morgan fingerprint density at radius 2 is 2.30 bits per heavy atom. The van der Waals surface area contributed by atoms with E-state index in [1.54, 1.807) is 5.41 Å². The second-order valence-corrected chi connectivity index (χ2v) is 2.94. The molecule has 0 saturated heterocycles. The van der Waals surface area contributed by atoms with Gasteiger partial charge in [-0.2, -0.15) is 0 Å². The van der Waals surface area contributed by atoms with Crippen molar-refractivity contribution in [2.24, 2.45) is 0 Å². The van der Waals surface area contributed by atoms with Crippen molar-refractivity contribution in [1.82, 2.24) is 0 Å². The van der Waals surface area contributed by atoms with Gasteiger partial charge in [-0.05, 0) is 11.8 Å². The third kappa shape index (κ3) is 3.51. The molecule has 0 aliphatic carbocycles. The maximum Gasteiger partial charge on any atom is 0.168 e. The Hall–Kier alpha value is -0.500. The number of rotatable bonds is 5. The van der Waals surface area contributed by atoms with E-state index in [0.29, 0.717) is 11.3 Å². The molecule has 0 aliphatic heterocycles. The summed E-state index contributed by atoms with van der Waals surface area (Å²) < 4.78 is 0. The molecule has 0 aromatic rings. The first-order valence-corrected chi connectivity index (χ1v) is 4.10. The van der Waals surface area contributed by atoms with Crippen molar-refractivity contribution in [3.63, 3.8) is 0 Å². The molecule has 0 fully saturated rings. The van der Waals surface area contributed by atoms with Crippen LogP contribution in [0.25, 0.3) is 0 Å². The van der Waals surface area contributed by atoms with E-state index in [4.69, 9.17) is 0 Å². The molecule has 0 aromatic carbocycles. The van der Waals surface area contributed by atoms with Crippen LogP contribution >= 0.6 is 11.8 Å². The van der Waals surface area contributed by atoms with E-state index in [1.807, 2.05) is 6.92 Å². The average molecular weight is 156 g/mol. The predicted molar refractivity (Wildman–Crippen MR) is 46.8 cm³/mol. The highest BCUT2D eigenvalue weighted by molar-refractivity contribution is 8.06. The van der Waals surface area contributed by atoms with Gasteiger partial charge in [0.15, 0.2) is 5.78 Å². The highest BCUT2D eigenvalue weighted by Gasteiger charge is 2.03. The number of ketones is 1. The Balaban J connectivity index is 3.70.